The third-order valence-corrected chi connectivity index (χ3v) is 3.47. The Kier molecular flexibility index (Phi) is 6.45. The van der Waals surface area contributed by atoms with Gasteiger partial charge in [0.2, 0.25) is 0 Å². The molecular weight excluding hydrogens is 156 g/mol. The van der Waals surface area contributed by atoms with Crippen molar-refractivity contribution in [2.24, 2.45) is 23.7 Å². The quantitative estimate of drug-likeness (QED) is 0.559. The van der Waals surface area contributed by atoms with E-state index in [9.17, 15) is 0 Å². The lowest BCUT2D eigenvalue weighted by Crippen LogP contribution is -2.24. The molecule has 0 spiro atoms. The van der Waals surface area contributed by atoms with Crippen molar-refractivity contribution in [1.82, 2.24) is 0 Å². The zero-order valence-electron chi connectivity index (χ0n) is 10.4. The molecule has 80 valence electrons. The first-order valence-electron chi connectivity index (χ1n) is 6.04. The monoisotopic (exact) mass is 184 g/mol. The van der Waals surface area contributed by atoms with E-state index in [1.807, 2.05) is 0 Å². The van der Waals surface area contributed by atoms with Crippen molar-refractivity contribution in [1.29, 1.82) is 0 Å². The van der Waals surface area contributed by atoms with Gasteiger partial charge in [-0.2, -0.15) is 0 Å². The van der Waals surface area contributed by atoms with Gasteiger partial charge in [0.1, 0.15) is 0 Å². The van der Waals surface area contributed by atoms with E-state index in [0.717, 1.165) is 23.7 Å². The largest absolute Gasteiger partial charge is 0.0654 e. The van der Waals surface area contributed by atoms with Crippen LogP contribution >= 0.6 is 0 Å². The summed E-state index contributed by atoms with van der Waals surface area (Å²) < 4.78 is 0. The zero-order chi connectivity index (χ0) is 10.4. The third kappa shape index (κ3) is 4.15. The van der Waals surface area contributed by atoms with Crippen LogP contribution in [0, 0.1) is 23.7 Å². The normalized spacial score (nSPS) is 18.7. The van der Waals surface area contributed by atoms with Crippen LogP contribution in [0.4, 0.5) is 0 Å². The van der Waals surface area contributed by atoms with Crippen LogP contribution in [0.5, 0.6) is 0 Å². The average Bonchev–Trinajstić information content (AvgIpc) is 2.04. The van der Waals surface area contributed by atoms with Gasteiger partial charge in [0.15, 0.2) is 0 Å². The lowest BCUT2D eigenvalue weighted by atomic mass is 9.73. The Morgan fingerprint density at radius 1 is 0.846 bits per heavy atom. The van der Waals surface area contributed by atoms with Gasteiger partial charge in [0, 0.05) is 0 Å². The molecule has 0 heterocycles. The molecule has 0 N–H and O–H groups in total. The highest BCUT2D eigenvalue weighted by atomic mass is 14.3. The van der Waals surface area contributed by atoms with Crippen LogP contribution in [-0.4, -0.2) is 0 Å². The van der Waals surface area contributed by atoms with Crippen molar-refractivity contribution in [3.8, 4) is 0 Å². The zero-order valence-corrected chi connectivity index (χ0v) is 10.4. The fourth-order valence-corrected chi connectivity index (χ4v) is 2.79. The molecule has 0 bridgehead atoms. The maximum atomic E-state index is 2.43. The molecule has 0 heteroatoms. The van der Waals surface area contributed by atoms with Crippen LogP contribution in [0.2, 0.25) is 0 Å². The summed E-state index contributed by atoms with van der Waals surface area (Å²) in [5.41, 5.74) is 0. The molecule has 0 aliphatic heterocycles. The van der Waals surface area contributed by atoms with Crippen molar-refractivity contribution >= 4 is 0 Å². The second-order valence-electron chi connectivity index (χ2n) is 4.97. The highest BCUT2D eigenvalue weighted by Crippen LogP contribution is 2.32. The molecule has 3 atom stereocenters. The van der Waals surface area contributed by atoms with Gasteiger partial charge in [0.25, 0.3) is 0 Å². The molecule has 0 amide bonds. The first kappa shape index (κ1) is 13.0. The molecular formula is C13H28. The van der Waals surface area contributed by atoms with Gasteiger partial charge in [-0.25, -0.2) is 0 Å². The summed E-state index contributed by atoms with van der Waals surface area (Å²) in [6, 6.07) is 0. The molecule has 0 nitrogen and oxygen atoms in total. The molecule has 0 aliphatic rings. The molecule has 13 heavy (non-hydrogen) atoms. The van der Waals surface area contributed by atoms with Crippen LogP contribution in [-0.2, 0) is 0 Å². The summed E-state index contributed by atoms with van der Waals surface area (Å²) in [7, 11) is 0. The summed E-state index contributed by atoms with van der Waals surface area (Å²) >= 11 is 0. The van der Waals surface area contributed by atoms with Crippen LogP contribution in [0.15, 0.2) is 0 Å². The van der Waals surface area contributed by atoms with Crippen molar-refractivity contribution < 1.29 is 0 Å². The number of hydrogen-bond donors (Lipinski definition) is 0. The second-order valence-corrected chi connectivity index (χ2v) is 4.97. The van der Waals surface area contributed by atoms with E-state index in [1.165, 1.54) is 19.3 Å². The predicted octanol–water partition coefficient (Wildman–Crippen LogP) is 4.74. The Balaban J connectivity index is 4.22. The van der Waals surface area contributed by atoms with Crippen molar-refractivity contribution in [2.75, 3.05) is 0 Å². The Hall–Kier alpha value is 0. The Labute approximate surface area is 85.1 Å². The predicted molar refractivity (Wildman–Crippen MR) is 61.9 cm³/mol. The van der Waals surface area contributed by atoms with Crippen LogP contribution in [0.25, 0.3) is 0 Å². The smallest absolute Gasteiger partial charge is 0.0340 e. The minimum atomic E-state index is 0.844. The Bertz CT molecular complexity index is 115. The van der Waals surface area contributed by atoms with E-state index in [-0.39, 0.29) is 0 Å². The standard InChI is InChI=1S/C13H28/c1-7-9-12(6)13(10(3)4)11(5)8-2/h10-13H,7-9H2,1-6H3. The van der Waals surface area contributed by atoms with Crippen molar-refractivity contribution in [3.63, 3.8) is 0 Å². The Morgan fingerprint density at radius 3 is 1.69 bits per heavy atom. The molecule has 0 radical (unpaired) electrons. The van der Waals surface area contributed by atoms with Gasteiger partial charge >= 0.3 is 0 Å². The highest BCUT2D eigenvalue weighted by molar-refractivity contribution is 4.74. The second kappa shape index (κ2) is 6.45. The topological polar surface area (TPSA) is 0 Å². The van der Waals surface area contributed by atoms with Gasteiger partial charge in [-0.3, -0.25) is 0 Å². The summed E-state index contributed by atoms with van der Waals surface area (Å²) in [5, 5.41) is 0. The maximum Gasteiger partial charge on any atom is -0.0340 e. The van der Waals surface area contributed by atoms with E-state index in [4.69, 9.17) is 0 Å². The molecule has 0 saturated heterocycles. The summed E-state index contributed by atoms with van der Waals surface area (Å²) in [5.74, 6) is 3.56. The van der Waals surface area contributed by atoms with Gasteiger partial charge < -0.3 is 0 Å². The molecule has 0 fully saturated rings. The van der Waals surface area contributed by atoms with Crippen molar-refractivity contribution in [3.05, 3.63) is 0 Å². The van der Waals surface area contributed by atoms with E-state index in [0.29, 0.717) is 0 Å². The van der Waals surface area contributed by atoms with Crippen LogP contribution in [0.1, 0.15) is 60.8 Å². The molecule has 0 aromatic heterocycles. The third-order valence-electron chi connectivity index (χ3n) is 3.47. The SMILES string of the molecule is CCCC(C)C(C(C)C)C(C)CC. The lowest BCUT2D eigenvalue weighted by Gasteiger charge is -2.32. The first-order valence-corrected chi connectivity index (χ1v) is 6.04. The minimum Gasteiger partial charge on any atom is -0.0654 e. The Morgan fingerprint density at radius 2 is 1.38 bits per heavy atom. The molecule has 0 aromatic carbocycles. The molecule has 0 saturated carbocycles. The average molecular weight is 184 g/mol. The van der Waals surface area contributed by atoms with E-state index in [2.05, 4.69) is 41.5 Å². The first-order chi connectivity index (χ1) is 6.04. The summed E-state index contributed by atoms with van der Waals surface area (Å²) in [6.45, 7) is 14.2. The van der Waals surface area contributed by atoms with Gasteiger partial charge in [-0.05, 0) is 23.7 Å². The molecule has 3 unspecified atom stereocenters. The molecule has 0 aromatic rings. The van der Waals surface area contributed by atoms with E-state index in [1.54, 1.807) is 0 Å². The fraction of sp³-hybridized carbons (Fsp3) is 1.00. The van der Waals surface area contributed by atoms with Crippen LogP contribution in [0.3, 0.4) is 0 Å². The fourth-order valence-electron chi connectivity index (χ4n) is 2.79. The lowest BCUT2D eigenvalue weighted by molar-refractivity contribution is 0.173. The van der Waals surface area contributed by atoms with Crippen molar-refractivity contribution in [2.45, 2.75) is 60.8 Å². The van der Waals surface area contributed by atoms with E-state index >= 15 is 0 Å². The molecule has 0 aliphatic carbocycles. The number of rotatable bonds is 6. The highest BCUT2D eigenvalue weighted by Gasteiger charge is 2.24. The maximum absolute atomic E-state index is 2.43. The van der Waals surface area contributed by atoms with E-state index < -0.39 is 0 Å². The van der Waals surface area contributed by atoms with Gasteiger partial charge in [-0.1, -0.05) is 60.8 Å². The molecule has 0 rings (SSSR count). The summed E-state index contributed by atoms with van der Waals surface area (Å²) in [4.78, 5) is 0. The van der Waals surface area contributed by atoms with Crippen LogP contribution < -0.4 is 0 Å². The summed E-state index contributed by atoms with van der Waals surface area (Å²) in [6.07, 6.45) is 4.06. The number of hydrogen-bond acceptors (Lipinski definition) is 0. The minimum absolute atomic E-state index is 0.844. The van der Waals surface area contributed by atoms with Gasteiger partial charge in [-0.15, -0.1) is 0 Å². The van der Waals surface area contributed by atoms with Gasteiger partial charge in [0.05, 0.1) is 0 Å².